The number of Topliss-reactive ketones (excluding diaryl/α,β-unsaturated/α-hetero) is 1. The molecule has 0 aromatic heterocycles. The molecule has 1 rings (SSSR count). The van der Waals surface area contributed by atoms with Crippen molar-refractivity contribution in [1.29, 1.82) is 10.5 Å². The summed E-state index contributed by atoms with van der Waals surface area (Å²) in [7, 11) is 0. The molecule has 0 aliphatic heterocycles. The van der Waals surface area contributed by atoms with Crippen molar-refractivity contribution >= 4 is 17.4 Å². The van der Waals surface area contributed by atoms with Crippen LogP contribution in [-0.4, -0.2) is 11.7 Å². The van der Waals surface area contributed by atoms with Crippen LogP contribution in [0.1, 0.15) is 30.9 Å². The topological polar surface area (TPSA) is 93.8 Å². The lowest BCUT2D eigenvalue weighted by Gasteiger charge is -2.05. The molecule has 1 amide bonds. The highest BCUT2D eigenvalue weighted by Crippen LogP contribution is 2.15. The average Bonchev–Trinajstić information content (AvgIpc) is 2.36. The highest BCUT2D eigenvalue weighted by atomic mass is 16.2. The van der Waals surface area contributed by atoms with Crippen LogP contribution in [0.3, 0.4) is 0 Å². The molecule has 0 saturated heterocycles. The Balaban J connectivity index is 2.75. The summed E-state index contributed by atoms with van der Waals surface area (Å²) in [6.07, 6.45) is 0.296. The number of benzene rings is 1. The molecule has 0 saturated carbocycles. The number of hydrogen-bond donors (Lipinski definition) is 1. The Morgan fingerprint density at radius 3 is 2.39 bits per heavy atom. The molecule has 0 unspecified atom stereocenters. The first-order valence-electron chi connectivity index (χ1n) is 5.30. The fourth-order valence-electron chi connectivity index (χ4n) is 1.33. The Hall–Kier alpha value is -2.66. The number of rotatable bonds is 4. The summed E-state index contributed by atoms with van der Waals surface area (Å²) in [5.41, 5.74) is 0.917. The van der Waals surface area contributed by atoms with Crippen LogP contribution in [0.25, 0.3) is 0 Å². The highest BCUT2D eigenvalue weighted by Gasteiger charge is 2.07. The van der Waals surface area contributed by atoms with Gasteiger partial charge in [-0.1, -0.05) is 0 Å². The van der Waals surface area contributed by atoms with E-state index in [9.17, 15) is 9.59 Å². The van der Waals surface area contributed by atoms with E-state index in [0.29, 0.717) is 5.69 Å². The molecule has 1 N–H and O–H groups in total. The van der Waals surface area contributed by atoms with Gasteiger partial charge in [0.15, 0.2) is 0 Å². The molecule has 1 aromatic carbocycles. The van der Waals surface area contributed by atoms with E-state index < -0.39 is 0 Å². The van der Waals surface area contributed by atoms with Crippen molar-refractivity contribution in [2.45, 2.75) is 19.8 Å². The Morgan fingerprint density at radius 1 is 1.17 bits per heavy atom. The standard InChI is InChI=1S/C13H11N3O2/c1-9(17)2-5-13(18)16-12-4-3-10(7-14)11(6-12)8-15/h3-4,6H,2,5H2,1H3,(H,16,18). The number of carbonyl (C=O) groups is 2. The second-order valence-corrected chi connectivity index (χ2v) is 3.73. The van der Waals surface area contributed by atoms with E-state index in [1.807, 2.05) is 12.1 Å². The Bertz CT molecular complexity index is 565. The summed E-state index contributed by atoms with van der Waals surface area (Å²) in [6, 6.07) is 8.22. The van der Waals surface area contributed by atoms with Gasteiger partial charge in [-0.05, 0) is 25.1 Å². The summed E-state index contributed by atoms with van der Waals surface area (Å²) in [6.45, 7) is 1.42. The predicted molar refractivity (Wildman–Crippen MR) is 64.4 cm³/mol. The molecule has 5 heteroatoms. The van der Waals surface area contributed by atoms with Gasteiger partial charge in [0.2, 0.25) is 5.91 Å². The number of amides is 1. The predicted octanol–water partition coefficient (Wildman–Crippen LogP) is 1.74. The monoisotopic (exact) mass is 241 g/mol. The number of ketones is 1. The normalized spacial score (nSPS) is 9.06. The molecule has 0 radical (unpaired) electrons. The molecule has 0 fully saturated rings. The molecule has 0 atom stereocenters. The maximum absolute atomic E-state index is 11.5. The van der Waals surface area contributed by atoms with Crippen LogP contribution in [0.2, 0.25) is 0 Å². The Labute approximate surface area is 105 Å². The number of nitrogens with one attached hydrogen (secondary N) is 1. The quantitative estimate of drug-likeness (QED) is 0.868. The maximum Gasteiger partial charge on any atom is 0.224 e. The molecule has 5 nitrogen and oxygen atoms in total. The van der Waals surface area contributed by atoms with Crippen LogP contribution in [0, 0.1) is 22.7 Å². The van der Waals surface area contributed by atoms with Gasteiger partial charge < -0.3 is 10.1 Å². The first-order valence-corrected chi connectivity index (χ1v) is 5.30. The van der Waals surface area contributed by atoms with E-state index in [2.05, 4.69) is 5.32 Å². The molecule has 0 bridgehead atoms. The van der Waals surface area contributed by atoms with Gasteiger partial charge in [-0.15, -0.1) is 0 Å². The fraction of sp³-hybridized carbons (Fsp3) is 0.231. The minimum atomic E-state index is -0.293. The van der Waals surface area contributed by atoms with Crippen molar-refractivity contribution in [3.63, 3.8) is 0 Å². The van der Waals surface area contributed by atoms with Crippen molar-refractivity contribution in [3.8, 4) is 12.1 Å². The van der Waals surface area contributed by atoms with E-state index in [4.69, 9.17) is 10.5 Å². The number of anilines is 1. The first kappa shape index (κ1) is 13.4. The van der Waals surface area contributed by atoms with Crippen molar-refractivity contribution in [1.82, 2.24) is 0 Å². The summed E-state index contributed by atoms with van der Waals surface area (Å²) in [5, 5.41) is 20.1. The summed E-state index contributed by atoms with van der Waals surface area (Å²) in [4.78, 5) is 22.2. The number of nitriles is 2. The maximum atomic E-state index is 11.5. The third-order valence-electron chi connectivity index (χ3n) is 2.25. The van der Waals surface area contributed by atoms with Gasteiger partial charge in [-0.25, -0.2) is 0 Å². The van der Waals surface area contributed by atoms with Crippen LogP contribution in [-0.2, 0) is 9.59 Å². The third kappa shape index (κ3) is 3.73. The van der Waals surface area contributed by atoms with Crippen LogP contribution in [0.4, 0.5) is 5.69 Å². The van der Waals surface area contributed by atoms with Gasteiger partial charge in [0.25, 0.3) is 0 Å². The zero-order valence-electron chi connectivity index (χ0n) is 9.86. The van der Waals surface area contributed by atoms with E-state index in [1.165, 1.54) is 19.1 Å². The van der Waals surface area contributed by atoms with E-state index in [-0.39, 0.29) is 35.7 Å². The fourth-order valence-corrected chi connectivity index (χ4v) is 1.33. The molecule has 0 heterocycles. The van der Waals surface area contributed by atoms with Crippen molar-refractivity contribution in [2.24, 2.45) is 0 Å². The molecule has 0 spiro atoms. The molecule has 0 aliphatic rings. The second-order valence-electron chi connectivity index (χ2n) is 3.73. The lowest BCUT2D eigenvalue weighted by molar-refractivity contribution is -0.121. The highest BCUT2D eigenvalue weighted by molar-refractivity contribution is 5.93. The van der Waals surface area contributed by atoms with Crippen LogP contribution < -0.4 is 5.32 Å². The number of carbonyl (C=O) groups excluding carboxylic acids is 2. The van der Waals surface area contributed by atoms with E-state index in [0.717, 1.165) is 0 Å². The van der Waals surface area contributed by atoms with E-state index >= 15 is 0 Å². The van der Waals surface area contributed by atoms with Crippen molar-refractivity contribution < 1.29 is 9.59 Å². The average molecular weight is 241 g/mol. The molecule has 90 valence electrons. The lowest BCUT2D eigenvalue weighted by atomic mass is 10.1. The summed E-state index contributed by atoms with van der Waals surface area (Å²) >= 11 is 0. The SMILES string of the molecule is CC(=O)CCC(=O)Nc1ccc(C#N)c(C#N)c1. The van der Waals surface area contributed by atoms with Gasteiger partial charge in [0.05, 0.1) is 11.1 Å². The zero-order chi connectivity index (χ0) is 13.5. The molecular weight excluding hydrogens is 230 g/mol. The van der Waals surface area contributed by atoms with Gasteiger partial charge in [-0.3, -0.25) is 4.79 Å². The summed E-state index contributed by atoms with van der Waals surface area (Å²) < 4.78 is 0. The van der Waals surface area contributed by atoms with E-state index in [1.54, 1.807) is 6.07 Å². The molecule has 1 aromatic rings. The molecule has 0 aliphatic carbocycles. The van der Waals surface area contributed by atoms with Gasteiger partial charge in [0, 0.05) is 18.5 Å². The first-order chi connectivity index (χ1) is 8.56. The van der Waals surface area contributed by atoms with Crippen LogP contribution in [0.15, 0.2) is 18.2 Å². The minimum Gasteiger partial charge on any atom is -0.326 e. The summed E-state index contributed by atoms with van der Waals surface area (Å²) in [5.74, 6) is -0.346. The van der Waals surface area contributed by atoms with Crippen LogP contribution in [0.5, 0.6) is 0 Å². The van der Waals surface area contributed by atoms with Gasteiger partial charge >= 0.3 is 0 Å². The lowest BCUT2D eigenvalue weighted by Crippen LogP contribution is -2.12. The van der Waals surface area contributed by atoms with Crippen molar-refractivity contribution in [3.05, 3.63) is 29.3 Å². The third-order valence-corrected chi connectivity index (χ3v) is 2.25. The minimum absolute atomic E-state index is 0.0531. The molecular formula is C13H11N3O2. The Morgan fingerprint density at radius 2 is 1.83 bits per heavy atom. The number of nitrogens with zero attached hydrogens (tertiary/aromatic N) is 2. The molecule has 18 heavy (non-hydrogen) atoms. The van der Waals surface area contributed by atoms with Crippen molar-refractivity contribution in [2.75, 3.05) is 5.32 Å². The smallest absolute Gasteiger partial charge is 0.224 e. The van der Waals surface area contributed by atoms with Gasteiger partial charge in [-0.2, -0.15) is 10.5 Å². The second kappa shape index (κ2) is 6.17. The van der Waals surface area contributed by atoms with Gasteiger partial charge in [0.1, 0.15) is 17.9 Å². The number of hydrogen-bond acceptors (Lipinski definition) is 4. The Kier molecular flexibility index (Phi) is 4.59. The largest absolute Gasteiger partial charge is 0.326 e. The zero-order valence-corrected chi connectivity index (χ0v) is 9.86. The van der Waals surface area contributed by atoms with Crippen LogP contribution >= 0.6 is 0 Å².